The summed E-state index contributed by atoms with van der Waals surface area (Å²) in [6, 6.07) is 3.64. The molecule has 2 aromatic rings. The zero-order valence-corrected chi connectivity index (χ0v) is 13.1. The lowest BCUT2D eigenvalue weighted by molar-refractivity contribution is -0.377. The normalized spacial score (nSPS) is 21.4. The summed E-state index contributed by atoms with van der Waals surface area (Å²) in [5.41, 5.74) is 7.15. The molecule has 23 heavy (non-hydrogen) atoms. The third-order valence-electron chi connectivity index (χ3n) is 3.84. The highest BCUT2D eigenvalue weighted by Crippen LogP contribution is 2.26. The topological polar surface area (TPSA) is 104 Å². The number of nitrogens with two attached hydrogens (primary N) is 1. The molecular weight excluding hydrogens is 300 g/mol. The third kappa shape index (κ3) is 3.08. The van der Waals surface area contributed by atoms with Crippen LogP contribution in [0, 0.1) is 0 Å². The maximum absolute atomic E-state index is 8.86. The number of aromatic nitrogens is 2. The number of hydrogen-bond acceptors (Lipinski definition) is 6. The van der Waals surface area contributed by atoms with Gasteiger partial charge in [0.1, 0.15) is 5.75 Å². The van der Waals surface area contributed by atoms with Gasteiger partial charge >= 0.3 is 0 Å². The van der Waals surface area contributed by atoms with Crippen molar-refractivity contribution in [2.45, 2.75) is 38.9 Å². The quantitative estimate of drug-likeness (QED) is 0.363. The molecule has 8 heteroatoms. The average molecular weight is 320 g/mol. The Bertz CT molecular complexity index is 722. The maximum Gasteiger partial charge on any atom is 0.173 e. The van der Waals surface area contributed by atoms with E-state index in [0.717, 1.165) is 30.3 Å². The molecule has 0 atom stereocenters. The Labute approximate surface area is 133 Å². The molecule has 0 amide bonds. The zero-order valence-electron chi connectivity index (χ0n) is 13.1. The number of methoxy groups -OCH3 is 1. The fourth-order valence-corrected chi connectivity index (χ4v) is 2.69. The van der Waals surface area contributed by atoms with E-state index in [1.54, 1.807) is 19.4 Å². The van der Waals surface area contributed by atoms with E-state index in [-0.39, 0.29) is 18.4 Å². The van der Waals surface area contributed by atoms with Crippen LogP contribution in [0.15, 0.2) is 23.5 Å². The van der Waals surface area contributed by atoms with Gasteiger partial charge in [0.2, 0.25) is 0 Å². The lowest BCUT2D eigenvalue weighted by atomic mass is 10.1. The predicted octanol–water partition coefficient (Wildman–Crippen LogP) is 1.64. The van der Waals surface area contributed by atoms with Gasteiger partial charge in [0.25, 0.3) is 0 Å². The van der Waals surface area contributed by atoms with Crippen molar-refractivity contribution < 1.29 is 19.4 Å². The molecule has 0 aliphatic carbocycles. The van der Waals surface area contributed by atoms with Crippen molar-refractivity contribution in [3.05, 3.63) is 23.9 Å². The largest absolute Gasteiger partial charge is 0.496 e. The van der Waals surface area contributed by atoms with E-state index >= 15 is 0 Å². The molecule has 124 valence electrons. The van der Waals surface area contributed by atoms with Gasteiger partial charge in [0.05, 0.1) is 24.4 Å². The molecule has 1 aliphatic rings. The van der Waals surface area contributed by atoms with Crippen LogP contribution in [0.3, 0.4) is 0 Å². The predicted molar refractivity (Wildman–Crippen MR) is 83.4 cm³/mol. The molecule has 1 aromatic heterocycles. The Hall–Kier alpha value is -2.32. The molecule has 2 heterocycles. The second kappa shape index (κ2) is 6.43. The van der Waals surface area contributed by atoms with Crippen molar-refractivity contribution in [1.82, 2.24) is 9.78 Å². The first-order valence-corrected chi connectivity index (χ1v) is 7.44. The molecule has 0 unspecified atom stereocenters. The molecule has 0 saturated carbocycles. The number of nitrogens with zero attached hydrogens (tertiary/aromatic N) is 3. The summed E-state index contributed by atoms with van der Waals surface area (Å²) < 4.78 is 18.1. The van der Waals surface area contributed by atoms with Crippen LogP contribution in [0.25, 0.3) is 10.9 Å². The van der Waals surface area contributed by atoms with Crippen LogP contribution in [-0.4, -0.2) is 40.5 Å². The lowest BCUT2D eigenvalue weighted by Gasteiger charge is -2.33. The first-order chi connectivity index (χ1) is 11.1. The van der Waals surface area contributed by atoms with E-state index in [1.807, 2.05) is 17.7 Å². The van der Waals surface area contributed by atoms with Gasteiger partial charge in [-0.3, -0.25) is 4.68 Å². The van der Waals surface area contributed by atoms with E-state index in [9.17, 15) is 0 Å². The summed E-state index contributed by atoms with van der Waals surface area (Å²) in [5.74, 6) is 0.541. The summed E-state index contributed by atoms with van der Waals surface area (Å²) in [5, 5.41) is 17.2. The van der Waals surface area contributed by atoms with Crippen LogP contribution in [0.1, 0.15) is 25.3 Å². The monoisotopic (exact) mass is 320 g/mol. The van der Waals surface area contributed by atoms with Crippen molar-refractivity contribution in [1.29, 1.82) is 0 Å². The minimum Gasteiger partial charge on any atom is -0.496 e. The molecule has 1 fully saturated rings. The molecule has 1 aliphatic heterocycles. The third-order valence-corrected chi connectivity index (χ3v) is 3.84. The molecule has 1 aromatic carbocycles. The fourth-order valence-electron chi connectivity index (χ4n) is 2.69. The highest BCUT2D eigenvalue weighted by molar-refractivity contribution is 6.03. The van der Waals surface area contributed by atoms with Crippen molar-refractivity contribution >= 4 is 16.7 Å². The number of fused-ring (bicyclic) bond motifs is 1. The van der Waals surface area contributed by atoms with Crippen LogP contribution in [0.4, 0.5) is 0 Å². The lowest BCUT2D eigenvalue weighted by Crippen LogP contribution is -2.38. The molecule has 3 rings (SSSR count). The van der Waals surface area contributed by atoms with Crippen molar-refractivity contribution in [3.8, 4) is 5.75 Å². The van der Waals surface area contributed by atoms with Gasteiger partial charge in [-0.1, -0.05) is 5.16 Å². The minimum absolute atomic E-state index is 0.00454. The standard InChI is InChI=1S/C15H20N4O4/c1-9-22-14(23-9)4-3-5-19-12-7-13(21-2)11(15(16)18-20)6-10(12)8-17-19/h6-9,14,20H,3-5H2,1-2H3,(H2,16,18). The summed E-state index contributed by atoms with van der Waals surface area (Å²) >= 11 is 0. The van der Waals surface area contributed by atoms with Gasteiger partial charge in [-0.2, -0.15) is 5.10 Å². The van der Waals surface area contributed by atoms with Crippen LogP contribution < -0.4 is 10.5 Å². The first-order valence-electron chi connectivity index (χ1n) is 7.44. The van der Waals surface area contributed by atoms with E-state index in [0.29, 0.717) is 11.3 Å². The summed E-state index contributed by atoms with van der Waals surface area (Å²) in [7, 11) is 1.54. The summed E-state index contributed by atoms with van der Waals surface area (Å²) in [6.07, 6.45) is 3.27. The Morgan fingerprint density at radius 3 is 2.91 bits per heavy atom. The molecule has 0 spiro atoms. The van der Waals surface area contributed by atoms with Crippen LogP contribution in [0.2, 0.25) is 0 Å². The Morgan fingerprint density at radius 2 is 2.26 bits per heavy atom. The fraction of sp³-hybridized carbons (Fsp3) is 0.467. The van der Waals surface area contributed by atoms with Gasteiger partial charge in [0, 0.05) is 24.4 Å². The van der Waals surface area contributed by atoms with Crippen LogP contribution >= 0.6 is 0 Å². The number of ether oxygens (including phenoxy) is 3. The minimum atomic E-state index is -0.103. The smallest absolute Gasteiger partial charge is 0.173 e. The first kappa shape index (κ1) is 15.6. The molecular formula is C15H20N4O4. The average Bonchev–Trinajstić information content (AvgIpc) is 2.93. The zero-order chi connectivity index (χ0) is 16.4. The summed E-state index contributed by atoms with van der Waals surface area (Å²) in [6.45, 7) is 2.62. The second-order valence-corrected chi connectivity index (χ2v) is 5.38. The molecule has 1 saturated heterocycles. The molecule has 0 bridgehead atoms. The van der Waals surface area contributed by atoms with Gasteiger partial charge in [0.15, 0.2) is 18.4 Å². The highest BCUT2D eigenvalue weighted by atomic mass is 16.9. The number of rotatable bonds is 6. The van der Waals surface area contributed by atoms with E-state index in [1.165, 1.54) is 0 Å². The molecule has 3 N–H and O–H groups in total. The molecule has 0 radical (unpaired) electrons. The number of benzene rings is 1. The SMILES string of the molecule is COc1cc2c(cnn2CCCC2OC(C)O2)cc1/C(N)=N\O. The number of aryl methyl sites for hydroxylation is 1. The van der Waals surface area contributed by atoms with Gasteiger partial charge < -0.3 is 25.2 Å². The van der Waals surface area contributed by atoms with Crippen molar-refractivity contribution in [2.24, 2.45) is 10.9 Å². The van der Waals surface area contributed by atoms with E-state index in [2.05, 4.69) is 10.3 Å². The van der Waals surface area contributed by atoms with Crippen LogP contribution in [0.5, 0.6) is 5.75 Å². The van der Waals surface area contributed by atoms with E-state index in [4.69, 9.17) is 25.2 Å². The van der Waals surface area contributed by atoms with Gasteiger partial charge in [-0.25, -0.2) is 0 Å². The maximum atomic E-state index is 8.86. The van der Waals surface area contributed by atoms with Crippen molar-refractivity contribution in [3.63, 3.8) is 0 Å². The number of hydrogen-bond donors (Lipinski definition) is 2. The highest BCUT2D eigenvalue weighted by Gasteiger charge is 2.25. The number of amidine groups is 1. The Kier molecular flexibility index (Phi) is 4.35. The Balaban J connectivity index is 1.76. The number of oxime groups is 1. The Morgan fingerprint density at radius 1 is 1.48 bits per heavy atom. The van der Waals surface area contributed by atoms with Crippen molar-refractivity contribution in [2.75, 3.05) is 7.11 Å². The molecule has 8 nitrogen and oxygen atoms in total. The summed E-state index contributed by atoms with van der Waals surface area (Å²) in [4.78, 5) is 0. The van der Waals surface area contributed by atoms with Gasteiger partial charge in [-0.05, 0) is 19.4 Å². The van der Waals surface area contributed by atoms with Crippen LogP contribution in [-0.2, 0) is 16.0 Å². The van der Waals surface area contributed by atoms with E-state index < -0.39 is 0 Å². The van der Waals surface area contributed by atoms with Gasteiger partial charge in [-0.15, -0.1) is 0 Å². The second-order valence-electron chi connectivity index (χ2n) is 5.38.